The summed E-state index contributed by atoms with van der Waals surface area (Å²) in [5.41, 5.74) is 0.491. The summed E-state index contributed by atoms with van der Waals surface area (Å²) in [4.78, 5) is 2.93. The van der Waals surface area contributed by atoms with Crippen LogP contribution in [0, 0.1) is 11.8 Å². The Balaban J connectivity index is 2.09. The molecule has 2 rings (SSSR count). The van der Waals surface area contributed by atoms with Gasteiger partial charge < -0.3 is 5.32 Å². The molecule has 0 aromatic heterocycles. The summed E-state index contributed by atoms with van der Waals surface area (Å²) in [5.74, 6) is 1.69. The molecule has 1 heterocycles. The Hall–Kier alpha value is -0.0800. The maximum atomic E-state index is 3.93. The molecule has 2 heteroatoms. The lowest BCUT2D eigenvalue weighted by atomic mass is 9.76. The second-order valence-corrected chi connectivity index (χ2v) is 7.75. The molecule has 2 fully saturated rings. The van der Waals surface area contributed by atoms with Crippen LogP contribution in [0.2, 0.25) is 0 Å². The van der Waals surface area contributed by atoms with Crippen molar-refractivity contribution in [2.24, 2.45) is 11.8 Å². The van der Waals surface area contributed by atoms with Gasteiger partial charge >= 0.3 is 0 Å². The molecule has 2 unspecified atom stereocenters. The summed E-state index contributed by atoms with van der Waals surface area (Å²) >= 11 is 0. The molecule has 1 spiro atoms. The molecule has 1 N–H and O–H groups in total. The van der Waals surface area contributed by atoms with Crippen LogP contribution < -0.4 is 5.32 Å². The van der Waals surface area contributed by atoms with Crippen molar-refractivity contribution >= 4 is 0 Å². The van der Waals surface area contributed by atoms with Crippen LogP contribution in [-0.2, 0) is 0 Å². The molecule has 0 aromatic rings. The molecule has 0 bridgehead atoms. The van der Waals surface area contributed by atoms with Crippen molar-refractivity contribution in [3.63, 3.8) is 0 Å². The predicted molar refractivity (Wildman–Crippen MR) is 92.7 cm³/mol. The minimum Gasteiger partial charge on any atom is -0.311 e. The maximum Gasteiger partial charge on any atom is 0.0334 e. The smallest absolute Gasteiger partial charge is 0.0334 e. The van der Waals surface area contributed by atoms with E-state index in [1.165, 1.54) is 71.0 Å². The Morgan fingerprint density at radius 2 is 1.71 bits per heavy atom. The van der Waals surface area contributed by atoms with E-state index in [-0.39, 0.29) is 0 Å². The first kappa shape index (κ1) is 17.3. The van der Waals surface area contributed by atoms with Crippen molar-refractivity contribution in [1.29, 1.82) is 0 Å². The van der Waals surface area contributed by atoms with Crippen molar-refractivity contribution in [3.8, 4) is 0 Å². The van der Waals surface area contributed by atoms with Crippen LogP contribution in [0.15, 0.2) is 0 Å². The fourth-order valence-electron chi connectivity index (χ4n) is 4.42. The Labute approximate surface area is 133 Å². The van der Waals surface area contributed by atoms with Gasteiger partial charge in [-0.3, -0.25) is 4.90 Å². The topological polar surface area (TPSA) is 15.3 Å². The van der Waals surface area contributed by atoms with Gasteiger partial charge in [0.15, 0.2) is 0 Å². The third kappa shape index (κ3) is 4.01. The first-order chi connectivity index (χ1) is 10.1. The molecule has 21 heavy (non-hydrogen) atoms. The number of nitrogens with zero attached hydrogens (tertiary/aromatic N) is 1. The third-order valence-electron chi connectivity index (χ3n) is 6.53. The minimum atomic E-state index is 0.491. The first-order valence-corrected chi connectivity index (χ1v) is 9.63. The molecule has 1 saturated heterocycles. The summed E-state index contributed by atoms with van der Waals surface area (Å²) in [6.07, 6.45) is 11.2. The summed E-state index contributed by atoms with van der Waals surface area (Å²) in [7, 11) is 0. The lowest BCUT2D eigenvalue weighted by Crippen LogP contribution is -2.67. The molecule has 2 aliphatic rings. The molecule has 0 radical (unpaired) electrons. The fourth-order valence-corrected chi connectivity index (χ4v) is 4.42. The van der Waals surface area contributed by atoms with Gasteiger partial charge in [-0.05, 0) is 24.7 Å². The maximum absolute atomic E-state index is 3.93. The van der Waals surface area contributed by atoms with Crippen LogP contribution in [0.25, 0.3) is 0 Å². The van der Waals surface area contributed by atoms with Crippen LogP contribution in [0.1, 0.15) is 79.1 Å². The average Bonchev–Trinajstić information content (AvgIpc) is 2.54. The highest BCUT2D eigenvalue weighted by molar-refractivity contribution is 5.01. The molecular weight excluding hydrogens is 256 g/mol. The Morgan fingerprint density at radius 3 is 2.29 bits per heavy atom. The minimum absolute atomic E-state index is 0.491. The van der Waals surface area contributed by atoms with E-state index in [2.05, 4.69) is 37.9 Å². The highest BCUT2D eigenvalue weighted by Crippen LogP contribution is 2.37. The molecule has 2 nitrogen and oxygen atoms in total. The van der Waals surface area contributed by atoms with Crippen LogP contribution in [0.3, 0.4) is 0 Å². The van der Waals surface area contributed by atoms with E-state index in [1.54, 1.807) is 0 Å². The van der Waals surface area contributed by atoms with Crippen molar-refractivity contribution < 1.29 is 0 Å². The van der Waals surface area contributed by atoms with Gasteiger partial charge in [0.25, 0.3) is 0 Å². The van der Waals surface area contributed by atoms with Gasteiger partial charge in [-0.15, -0.1) is 0 Å². The zero-order valence-corrected chi connectivity index (χ0v) is 15.0. The van der Waals surface area contributed by atoms with Crippen LogP contribution >= 0.6 is 0 Å². The van der Waals surface area contributed by atoms with Gasteiger partial charge in [0.05, 0.1) is 0 Å². The van der Waals surface area contributed by atoms with Crippen molar-refractivity contribution in [2.45, 2.75) is 90.6 Å². The van der Waals surface area contributed by atoms with Gasteiger partial charge in [-0.2, -0.15) is 0 Å². The van der Waals surface area contributed by atoms with Gasteiger partial charge in [-0.1, -0.05) is 66.2 Å². The molecule has 1 aliphatic carbocycles. The molecule has 0 aromatic carbocycles. The summed E-state index contributed by atoms with van der Waals surface area (Å²) in [6.45, 7) is 13.4. The highest BCUT2D eigenvalue weighted by atomic mass is 15.3. The highest BCUT2D eigenvalue weighted by Gasteiger charge is 2.43. The molecule has 1 saturated carbocycles. The third-order valence-corrected chi connectivity index (χ3v) is 6.53. The van der Waals surface area contributed by atoms with Crippen LogP contribution in [0.5, 0.6) is 0 Å². The molecular formula is C19H38N2. The number of piperazine rings is 1. The zero-order valence-electron chi connectivity index (χ0n) is 15.0. The molecule has 1 aliphatic heterocycles. The van der Waals surface area contributed by atoms with E-state index in [9.17, 15) is 0 Å². The second kappa shape index (κ2) is 7.97. The lowest BCUT2D eigenvalue weighted by molar-refractivity contribution is -0.0107. The van der Waals surface area contributed by atoms with Crippen molar-refractivity contribution in [3.05, 3.63) is 0 Å². The van der Waals surface area contributed by atoms with Gasteiger partial charge in [0, 0.05) is 31.2 Å². The van der Waals surface area contributed by atoms with Gasteiger partial charge in [0.1, 0.15) is 0 Å². The average molecular weight is 295 g/mol. The normalized spacial score (nSPS) is 28.1. The monoisotopic (exact) mass is 294 g/mol. The SMILES string of the molecule is CCC(CC)CN1CC(C(C)CC)NCC12CCCCC2. The summed E-state index contributed by atoms with van der Waals surface area (Å²) in [5, 5.41) is 3.93. The summed E-state index contributed by atoms with van der Waals surface area (Å²) in [6, 6.07) is 0.705. The number of hydrogen-bond donors (Lipinski definition) is 1. The zero-order chi connectivity index (χ0) is 15.3. The van der Waals surface area contributed by atoms with Gasteiger partial charge in [-0.25, -0.2) is 0 Å². The van der Waals surface area contributed by atoms with E-state index in [0.29, 0.717) is 11.6 Å². The Kier molecular flexibility index (Phi) is 6.55. The predicted octanol–water partition coefficient (Wildman–Crippen LogP) is 4.45. The number of nitrogens with one attached hydrogen (secondary N) is 1. The van der Waals surface area contributed by atoms with E-state index in [1.807, 2.05) is 0 Å². The summed E-state index contributed by atoms with van der Waals surface area (Å²) < 4.78 is 0. The Bertz CT molecular complexity index is 292. The molecule has 124 valence electrons. The second-order valence-electron chi connectivity index (χ2n) is 7.75. The van der Waals surface area contributed by atoms with E-state index in [0.717, 1.165) is 11.8 Å². The van der Waals surface area contributed by atoms with Gasteiger partial charge in [0.2, 0.25) is 0 Å². The van der Waals surface area contributed by atoms with Crippen LogP contribution in [0.4, 0.5) is 0 Å². The van der Waals surface area contributed by atoms with E-state index >= 15 is 0 Å². The van der Waals surface area contributed by atoms with E-state index < -0.39 is 0 Å². The molecule has 2 atom stereocenters. The molecule has 0 amide bonds. The van der Waals surface area contributed by atoms with Crippen molar-refractivity contribution in [2.75, 3.05) is 19.6 Å². The van der Waals surface area contributed by atoms with Crippen molar-refractivity contribution in [1.82, 2.24) is 10.2 Å². The fraction of sp³-hybridized carbons (Fsp3) is 1.00. The largest absolute Gasteiger partial charge is 0.311 e. The Morgan fingerprint density at radius 1 is 1.05 bits per heavy atom. The van der Waals surface area contributed by atoms with E-state index in [4.69, 9.17) is 0 Å². The quantitative estimate of drug-likeness (QED) is 0.779. The lowest BCUT2D eigenvalue weighted by Gasteiger charge is -2.54. The number of hydrogen-bond acceptors (Lipinski definition) is 2. The number of rotatable bonds is 6. The standard InChI is InChI=1S/C19H38N2/c1-5-16(4)18-14-21(13-17(6-2)7-3)19(15-20-18)11-9-8-10-12-19/h16-18,20H,5-15H2,1-4H3. The van der Waals surface area contributed by atoms with Crippen LogP contribution in [-0.4, -0.2) is 36.1 Å². The first-order valence-electron chi connectivity index (χ1n) is 9.63.